The molecule has 0 saturated heterocycles. The first-order chi connectivity index (χ1) is 13.6. The third-order valence-electron chi connectivity index (χ3n) is 4.19. The minimum atomic E-state index is -3.78. The number of nitrogens with one attached hydrogen (secondary N) is 1. The fraction of sp³-hybridized carbons (Fsp3) is 0.0455. The highest BCUT2D eigenvalue weighted by Crippen LogP contribution is 2.31. The van der Waals surface area contributed by atoms with Crippen molar-refractivity contribution in [1.82, 2.24) is 4.98 Å². The molecule has 6 heteroatoms. The van der Waals surface area contributed by atoms with Crippen molar-refractivity contribution in [2.24, 2.45) is 0 Å². The van der Waals surface area contributed by atoms with Crippen LogP contribution in [0.4, 0.5) is 5.82 Å². The molecule has 4 rings (SSSR count). The van der Waals surface area contributed by atoms with E-state index < -0.39 is 10.0 Å². The van der Waals surface area contributed by atoms with Crippen LogP contribution in [0.2, 0.25) is 0 Å². The molecule has 0 aliphatic rings. The monoisotopic (exact) mass is 390 g/mol. The maximum Gasteiger partial charge on any atom is 0.263 e. The molecule has 4 aromatic rings. The molecular formula is C22H18N2O3S. The van der Waals surface area contributed by atoms with E-state index in [0.29, 0.717) is 18.1 Å². The Bertz CT molecular complexity index is 1160. The second-order valence-electron chi connectivity index (χ2n) is 6.23. The predicted octanol–water partition coefficient (Wildman–Crippen LogP) is 4.73. The van der Waals surface area contributed by atoms with Crippen molar-refractivity contribution in [3.63, 3.8) is 0 Å². The molecule has 0 fully saturated rings. The minimum Gasteiger partial charge on any atom is -0.438 e. The normalized spacial score (nSPS) is 11.3. The first kappa shape index (κ1) is 18.0. The number of hydrogen-bond donors (Lipinski definition) is 1. The van der Waals surface area contributed by atoms with E-state index >= 15 is 0 Å². The van der Waals surface area contributed by atoms with Gasteiger partial charge in [0.25, 0.3) is 10.0 Å². The van der Waals surface area contributed by atoms with Gasteiger partial charge < -0.3 is 4.42 Å². The molecule has 0 atom stereocenters. The highest BCUT2D eigenvalue weighted by Gasteiger charge is 2.21. The number of anilines is 1. The van der Waals surface area contributed by atoms with Gasteiger partial charge in [0.15, 0.2) is 11.6 Å². The quantitative estimate of drug-likeness (QED) is 0.516. The fourth-order valence-corrected chi connectivity index (χ4v) is 3.88. The second kappa shape index (κ2) is 7.70. The maximum atomic E-state index is 12.8. The molecule has 0 bridgehead atoms. The van der Waals surface area contributed by atoms with Crippen LogP contribution >= 0.6 is 0 Å². The summed E-state index contributed by atoms with van der Waals surface area (Å²) in [6.07, 6.45) is 0.466. The molecule has 0 saturated carbocycles. The lowest BCUT2D eigenvalue weighted by atomic mass is 10.1. The molecule has 140 valence electrons. The topological polar surface area (TPSA) is 72.2 Å². The van der Waals surface area contributed by atoms with Gasteiger partial charge in [-0.1, -0.05) is 78.9 Å². The predicted molar refractivity (Wildman–Crippen MR) is 108 cm³/mol. The summed E-state index contributed by atoms with van der Waals surface area (Å²) >= 11 is 0. The van der Waals surface area contributed by atoms with Crippen molar-refractivity contribution in [3.8, 4) is 11.3 Å². The van der Waals surface area contributed by atoms with Gasteiger partial charge in [-0.3, -0.25) is 4.72 Å². The lowest BCUT2D eigenvalue weighted by molar-refractivity contribution is 0.519. The summed E-state index contributed by atoms with van der Waals surface area (Å²) < 4.78 is 34.0. The van der Waals surface area contributed by atoms with Crippen LogP contribution < -0.4 is 4.72 Å². The van der Waals surface area contributed by atoms with Crippen molar-refractivity contribution in [1.29, 1.82) is 0 Å². The molecule has 0 amide bonds. The smallest absolute Gasteiger partial charge is 0.263 e. The van der Waals surface area contributed by atoms with Crippen LogP contribution in [-0.4, -0.2) is 13.4 Å². The van der Waals surface area contributed by atoms with E-state index in [4.69, 9.17) is 4.42 Å². The average Bonchev–Trinajstić information content (AvgIpc) is 3.11. The summed E-state index contributed by atoms with van der Waals surface area (Å²) in [5, 5.41) is 0. The minimum absolute atomic E-state index is 0.168. The number of nitrogens with zero attached hydrogens (tertiary/aromatic N) is 1. The molecule has 1 aromatic heterocycles. The summed E-state index contributed by atoms with van der Waals surface area (Å²) in [6.45, 7) is 0. The third kappa shape index (κ3) is 3.97. The maximum absolute atomic E-state index is 12.8. The molecule has 28 heavy (non-hydrogen) atoms. The Labute approximate surface area is 163 Å². The second-order valence-corrected chi connectivity index (χ2v) is 7.91. The van der Waals surface area contributed by atoms with Crippen LogP contribution in [0.15, 0.2) is 100 Å². The van der Waals surface area contributed by atoms with Crippen LogP contribution in [0.25, 0.3) is 11.3 Å². The Morgan fingerprint density at radius 1 is 0.786 bits per heavy atom. The van der Waals surface area contributed by atoms with E-state index in [-0.39, 0.29) is 10.7 Å². The zero-order valence-corrected chi connectivity index (χ0v) is 15.8. The van der Waals surface area contributed by atoms with E-state index in [1.807, 2.05) is 60.7 Å². The molecule has 0 aliphatic carbocycles. The van der Waals surface area contributed by atoms with Crippen LogP contribution in [0.1, 0.15) is 11.5 Å². The molecule has 3 aromatic carbocycles. The van der Waals surface area contributed by atoms with Crippen molar-refractivity contribution < 1.29 is 12.8 Å². The Morgan fingerprint density at radius 3 is 2.00 bits per heavy atom. The van der Waals surface area contributed by atoms with Crippen LogP contribution in [-0.2, 0) is 16.4 Å². The van der Waals surface area contributed by atoms with Gasteiger partial charge >= 0.3 is 0 Å². The Kier molecular flexibility index (Phi) is 4.95. The first-order valence-corrected chi connectivity index (χ1v) is 10.3. The number of rotatable bonds is 6. The molecule has 1 N–H and O–H groups in total. The van der Waals surface area contributed by atoms with Crippen molar-refractivity contribution in [2.75, 3.05) is 4.72 Å². The lowest BCUT2D eigenvalue weighted by Crippen LogP contribution is -2.13. The lowest BCUT2D eigenvalue weighted by Gasteiger charge is -2.06. The summed E-state index contributed by atoms with van der Waals surface area (Å²) in [6, 6.07) is 27.3. The Balaban J connectivity index is 1.72. The largest absolute Gasteiger partial charge is 0.438 e. The fourth-order valence-electron chi connectivity index (χ4n) is 2.85. The summed E-state index contributed by atoms with van der Waals surface area (Å²) in [7, 11) is -3.78. The van der Waals surface area contributed by atoms with Crippen LogP contribution in [0, 0.1) is 0 Å². The van der Waals surface area contributed by atoms with Crippen molar-refractivity contribution in [3.05, 3.63) is 102 Å². The molecule has 0 unspecified atom stereocenters. The number of benzene rings is 3. The standard InChI is InChI=1S/C22H18N2O3S/c25-28(26,19-14-8-3-9-15-19)24-22-21(18-12-6-2-7-13-18)27-20(23-22)16-17-10-4-1-5-11-17/h1-15,24H,16H2. The van der Waals surface area contributed by atoms with Gasteiger partial charge in [-0.15, -0.1) is 0 Å². The van der Waals surface area contributed by atoms with Gasteiger partial charge in [-0.2, -0.15) is 4.98 Å². The van der Waals surface area contributed by atoms with Gasteiger partial charge in [0.2, 0.25) is 5.89 Å². The Hall–Kier alpha value is -3.38. The highest BCUT2D eigenvalue weighted by molar-refractivity contribution is 7.92. The van der Waals surface area contributed by atoms with Crippen molar-refractivity contribution >= 4 is 15.8 Å². The van der Waals surface area contributed by atoms with Gasteiger partial charge in [-0.05, 0) is 17.7 Å². The van der Waals surface area contributed by atoms with Crippen molar-refractivity contribution in [2.45, 2.75) is 11.3 Å². The van der Waals surface area contributed by atoms with Gasteiger partial charge in [0.05, 0.1) is 4.90 Å². The number of aromatic nitrogens is 1. The van der Waals surface area contributed by atoms with E-state index in [1.165, 1.54) is 12.1 Å². The van der Waals surface area contributed by atoms with Gasteiger partial charge in [0, 0.05) is 12.0 Å². The summed E-state index contributed by atoms with van der Waals surface area (Å²) in [4.78, 5) is 4.60. The van der Waals surface area contributed by atoms with Gasteiger partial charge in [0.1, 0.15) is 0 Å². The molecular weight excluding hydrogens is 372 g/mol. The third-order valence-corrected chi connectivity index (χ3v) is 5.54. The van der Waals surface area contributed by atoms with E-state index in [1.54, 1.807) is 18.2 Å². The molecule has 5 nitrogen and oxygen atoms in total. The molecule has 0 radical (unpaired) electrons. The average molecular weight is 390 g/mol. The van der Waals surface area contributed by atoms with E-state index in [2.05, 4.69) is 9.71 Å². The SMILES string of the molecule is O=S(=O)(Nc1nc(Cc2ccccc2)oc1-c1ccccc1)c1ccccc1. The van der Waals surface area contributed by atoms with Crippen LogP contribution in [0.3, 0.4) is 0 Å². The highest BCUT2D eigenvalue weighted by atomic mass is 32.2. The molecule has 1 heterocycles. The number of oxazole rings is 1. The summed E-state index contributed by atoms with van der Waals surface area (Å²) in [5.74, 6) is 1.02. The zero-order chi connectivity index (χ0) is 19.4. The zero-order valence-electron chi connectivity index (χ0n) is 14.9. The first-order valence-electron chi connectivity index (χ1n) is 8.79. The van der Waals surface area contributed by atoms with E-state index in [0.717, 1.165) is 11.1 Å². The number of sulfonamides is 1. The van der Waals surface area contributed by atoms with Gasteiger partial charge in [-0.25, -0.2) is 8.42 Å². The summed E-state index contributed by atoms with van der Waals surface area (Å²) in [5.41, 5.74) is 1.78. The van der Waals surface area contributed by atoms with Crippen LogP contribution in [0.5, 0.6) is 0 Å². The molecule has 0 aliphatic heterocycles. The molecule has 0 spiro atoms. The van der Waals surface area contributed by atoms with E-state index in [9.17, 15) is 8.42 Å². The number of hydrogen-bond acceptors (Lipinski definition) is 4. The Morgan fingerprint density at radius 2 is 1.36 bits per heavy atom.